The van der Waals surface area contributed by atoms with Gasteiger partial charge in [0.25, 0.3) is 5.91 Å². The molecule has 0 heterocycles. The fraction of sp³-hybridized carbons (Fsp3) is 0.529. The molecule has 2 N–H and O–H groups in total. The molecule has 2 atom stereocenters. The van der Waals surface area contributed by atoms with Crippen LogP contribution in [0.5, 0.6) is 5.75 Å². The van der Waals surface area contributed by atoms with Crippen LogP contribution in [0.25, 0.3) is 0 Å². The largest absolute Gasteiger partial charge is 0.481 e. The minimum absolute atomic E-state index is 0.147. The predicted octanol–water partition coefficient (Wildman–Crippen LogP) is 3.54. The van der Waals surface area contributed by atoms with Gasteiger partial charge < -0.3 is 19.9 Å². The molecule has 0 fully saturated rings. The van der Waals surface area contributed by atoms with E-state index in [0.29, 0.717) is 15.8 Å². The van der Waals surface area contributed by atoms with Gasteiger partial charge in [0.05, 0.1) is 5.60 Å². The number of carboxylic acids is 1. The summed E-state index contributed by atoms with van der Waals surface area (Å²) >= 11 is 11.8. The molecule has 1 rings (SSSR count). The Bertz CT molecular complexity index is 595. The standard InChI is InChI=1S/C17H23Cl2NO5/c1-10(25-13-8-11(18)7-12(19)9-13)15(21)20-14(16(22)23)5-6-24-17(2,3)4/h7-10,14H,5-6H2,1-4H3,(H,20,21)(H,22,23). The maximum Gasteiger partial charge on any atom is 0.326 e. The zero-order valence-corrected chi connectivity index (χ0v) is 16.1. The second-order valence-corrected chi connectivity index (χ2v) is 7.39. The van der Waals surface area contributed by atoms with Crippen molar-refractivity contribution in [1.29, 1.82) is 0 Å². The van der Waals surface area contributed by atoms with Crippen LogP contribution >= 0.6 is 23.2 Å². The molecule has 0 spiro atoms. The van der Waals surface area contributed by atoms with Gasteiger partial charge in [0, 0.05) is 23.1 Å². The summed E-state index contributed by atoms with van der Waals surface area (Å²) in [5.41, 5.74) is -0.380. The van der Waals surface area contributed by atoms with Crippen molar-refractivity contribution in [1.82, 2.24) is 5.32 Å². The number of carboxylic acid groups (broad SMARTS) is 1. The summed E-state index contributed by atoms with van der Waals surface area (Å²) < 4.78 is 11.0. The zero-order chi connectivity index (χ0) is 19.2. The van der Waals surface area contributed by atoms with Crippen molar-refractivity contribution in [2.24, 2.45) is 0 Å². The predicted molar refractivity (Wildman–Crippen MR) is 96.4 cm³/mol. The summed E-state index contributed by atoms with van der Waals surface area (Å²) in [5, 5.41) is 12.4. The fourth-order valence-electron chi connectivity index (χ4n) is 1.88. The van der Waals surface area contributed by atoms with E-state index in [1.165, 1.54) is 25.1 Å². The van der Waals surface area contributed by atoms with Crippen molar-refractivity contribution >= 4 is 35.1 Å². The van der Waals surface area contributed by atoms with E-state index < -0.39 is 24.0 Å². The van der Waals surface area contributed by atoms with Crippen molar-refractivity contribution in [3.8, 4) is 5.75 Å². The average molecular weight is 392 g/mol. The normalized spacial score (nSPS) is 13.8. The number of carbonyl (C=O) groups is 2. The summed E-state index contributed by atoms with van der Waals surface area (Å²) in [6.45, 7) is 7.32. The monoisotopic (exact) mass is 391 g/mol. The molecule has 0 aliphatic carbocycles. The minimum atomic E-state index is -1.14. The van der Waals surface area contributed by atoms with Crippen LogP contribution in [0.3, 0.4) is 0 Å². The molecular weight excluding hydrogens is 369 g/mol. The topological polar surface area (TPSA) is 84.9 Å². The molecule has 0 aliphatic rings. The highest BCUT2D eigenvalue weighted by molar-refractivity contribution is 6.34. The van der Waals surface area contributed by atoms with E-state index in [1.807, 2.05) is 20.8 Å². The minimum Gasteiger partial charge on any atom is -0.481 e. The second kappa shape index (κ2) is 9.27. The highest BCUT2D eigenvalue weighted by Crippen LogP contribution is 2.25. The third kappa shape index (κ3) is 8.43. The summed E-state index contributed by atoms with van der Waals surface area (Å²) in [6, 6.07) is 3.51. The van der Waals surface area contributed by atoms with Gasteiger partial charge in [-0.15, -0.1) is 0 Å². The van der Waals surface area contributed by atoms with E-state index in [0.717, 1.165) is 0 Å². The van der Waals surface area contributed by atoms with Crippen LogP contribution in [0.15, 0.2) is 18.2 Å². The van der Waals surface area contributed by atoms with Gasteiger partial charge in [-0.25, -0.2) is 4.79 Å². The Morgan fingerprint density at radius 2 is 1.76 bits per heavy atom. The molecule has 1 aromatic rings. The highest BCUT2D eigenvalue weighted by Gasteiger charge is 2.24. The molecule has 2 unspecified atom stereocenters. The molecule has 140 valence electrons. The maximum absolute atomic E-state index is 12.2. The summed E-state index contributed by atoms with van der Waals surface area (Å²) in [6.07, 6.45) is -0.770. The van der Waals surface area contributed by atoms with Crippen LogP contribution < -0.4 is 10.1 Å². The third-order valence-corrected chi connectivity index (χ3v) is 3.51. The van der Waals surface area contributed by atoms with Crippen molar-refractivity contribution in [3.05, 3.63) is 28.2 Å². The molecule has 1 amide bonds. The first-order valence-corrected chi connectivity index (χ1v) is 8.53. The molecule has 6 nitrogen and oxygen atoms in total. The Morgan fingerprint density at radius 1 is 1.20 bits per heavy atom. The molecular formula is C17H23Cl2NO5. The quantitative estimate of drug-likeness (QED) is 0.707. The van der Waals surface area contributed by atoms with Crippen LogP contribution in [0.1, 0.15) is 34.1 Å². The first-order chi connectivity index (χ1) is 11.5. The number of hydrogen-bond acceptors (Lipinski definition) is 4. The lowest BCUT2D eigenvalue weighted by Crippen LogP contribution is -2.47. The summed E-state index contributed by atoms with van der Waals surface area (Å²) in [5.74, 6) is -1.37. The maximum atomic E-state index is 12.2. The van der Waals surface area contributed by atoms with Crippen molar-refractivity contribution < 1.29 is 24.2 Å². The lowest BCUT2D eigenvalue weighted by atomic mass is 10.1. The third-order valence-electron chi connectivity index (χ3n) is 3.07. The van der Waals surface area contributed by atoms with Gasteiger partial charge >= 0.3 is 5.97 Å². The summed E-state index contributed by atoms with van der Waals surface area (Å²) in [4.78, 5) is 23.5. The van der Waals surface area contributed by atoms with Crippen LogP contribution in [-0.2, 0) is 14.3 Å². The molecule has 25 heavy (non-hydrogen) atoms. The van der Waals surface area contributed by atoms with Gasteiger partial charge in [-0.1, -0.05) is 23.2 Å². The fourth-order valence-corrected chi connectivity index (χ4v) is 2.39. The highest BCUT2D eigenvalue weighted by atomic mass is 35.5. The van der Waals surface area contributed by atoms with Crippen LogP contribution in [-0.4, -0.2) is 41.3 Å². The lowest BCUT2D eigenvalue weighted by molar-refractivity contribution is -0.143. The molecule has 0 radical (unpaired) electrons. The smallest absolute Gasteiger partial charge is 0.326 e. The SMILES string of the molecule is CC(Oc1cc(Cl)cc(Cl)c1)C(=O)NC(CCOC(C)(C)C)C(=O)O. The number of rotatable bonds is 8. The van der Waals surface area contributed by atoms with Gasteiger partial charge in [0.1, 0.15) is 11.8 Å². The van der Waals surface area contributed by atoms with E-state index >= 15 is 0 Å². The molecule has 0 saturated carbocycles. The van der Waals surface area contributed by atoms with E-state index in [4.69, 9.17) is 32.7 Å². The van der Waals surface area contributed by atoms with Crippen molar-refractivity contribution in [3.63, 3.8) is 0 Å². The molecule has 0 aliphatic heterocycles. The molecule has 8 heteroatoms. The molecule has 1 aromatic carbocycles. The van der Waals surface area contributed by atoms with Crippen LogP contribution in [0.2, 0.25) is 10.0 Å². The number of carbonyl (C=O) groups excluding carboxylic acids is 1. The van der Waals surface area contributed by atoms with Gasteiger partial charge in [-0.3, -0.25) is 4.79 Å². The number of benzene rings is 1. The number of halogens is 2. The Kier molecular flexibility index (Phi) is 7.99. The van der Waals surface area contributed by atoms with Crippen LogP contribution in [0, 0.1) is 0 Å². The van der Waals surface area contributed by atoms with Crippen molar-refractivity contribution in [2.45, 2.75) is 51.9 Å². The Hall–Kier alpha value is -1.50. The van der Waals surface area contributed by atoms with E-state index in [-0.39, 0.29) is 18.6 Å². The lowest BCUT2D eigenvalue weighted by Gasteiger charge is -2.22. The Labute approximate surface area is 157 Å². The van der Waals surface area contributed by atoms with Gasteiger partial charge in [0.2, 0.25) is 0 Å². The number of nitrogens with one attached hydrogen (secondary N) is 1. The first-order valence-electron chi connectivity index (χ1n) is 7.78. The Morgan fingerprint density at radius 3 is 2.24 bits per heavy atom. The first kappa shape index (κ1) is 21.5. The summed E-state index contributed by atoms with van der Waals surface area (Å²) in [7, 11) is 0. The molecule has 0 aromatic heterocycles. The van der Waals surface area contributed by atoms with E-state index in [9.17, 15) is 14.7 Å². The van der Waals surface area contributed by atoms with Gasteiger partial charge in [-0.2, -0.15) is 0 Å². The van der Waals surface area contributed by atoms with Crippen molar-refractivity contribution in [2.75, 3.05) is 6.61 Å². The molecule has 0 bridgehead atoms. The second-order valence-electron chi connectivity index (χ2n) is 6.51. The Balaban J connectivity index is 2.61. The van der Waals surface area contributed by atoms with Crippen LogP contribution in [0.4, 0.5) is 0 Å². The molecule has 0 saturated heterocycles. The average Bonchev–Trinajstić information content (AvgIpc) is 2.43. The number of amides is 1. The van der Waals surface area contributed by atoms with E-state index in [2.05, 4.69) is 5.32 Å². The van der Waals surface area contributed by atoms with E-state index in [1.54, 1.807) is 0 Å². The van der Waals surface area contributed by atoms with Gasteiger partial charge in [0.15, 0.2) is 6.10 Å². The van der Waals surface area contributed by atoms with Gasteiger partial charge in [-0.05, 0) is 45.9 Å². The number of ether oxygens (including phenoxy) is 2. The number of hydrogen-bond donors (Lipinski definition) is 2. The number of aliphatic carboxylic acids is 1. The zero-order valence-electron chi connectivity index (χ0n) is 14.6.